The summed E-state index contributed by atoms with van der Waals surface area (Å²) in [6.45, 7) is 1.79. The van der Waals surface area contributed by atoms with E-state index >= 15 is 0 Å². The summed E-state index contributed by atoms with van der Waals surface area (Å²) in [5.74, 6) is -4.04. The summed E-state index contributed by atoms with van der Waals surface area (Å²) in [4.78, 5) is 11.1. The van der Waals surface area contributed by atoms with Crippen LogP contribution in [0.25, 0.3) is 0 Å². The number of ether oxygens (including phenoxy) is 2. The molecular weight excluding hydrogens is 396 g/mol. The number of halogens is 6. The number of aryl methyl sites for hydroxylation is 1. The van der Waals surface area contributed by atoms with Crippen LogP contribution in [0.2, 0.25) is 0 Å². The molecule has 160 valence electrons. The number of carboxylic acids is 1. The molecule has 0 fully saturated rings. The van der Waals surface area contributed by atoms with Crippen molar-refractivity contribution in [1.82, 2.24) is 0 Å². The highest BCUT2D eigenvalue weighted by Crippen LogP contribution is 2.37. The Bertz CT molecular complexity index is 648. The third-order valence-corrected chi connectivity index (χ3v) is 4.13. The van der Waals surface area contributed by atoms with Crippen LogP contribution >= 0.6 is 0 Å². The Labute approximate surface area is 157 Å². The zero-order chi connectivity index (χ0) is 21.5. The summed E-state index contributed by atoms with van der Waals surface area (Å²) >= 11 is 0. The van der Waals surface area contributed by atoms with Gasteiger partial charge in [-0.05, 0) is 42.9 Å². The van der Waals surface area contributed by atoms with E-state index in [1.165, 1.54) is 6.07 Å². The van der Waals surface area contributed by atoms with Crippen molar-refractivity contribution in [2.75, 3.05) is 6.54 Å². The molecule has 0 aliphatic rings. The molecule has 2 atom stereocenters. The second-order valence-electron chi connectivity index (χ2n) is 6.20. The molecule has 0 spiro atoms. The molecule has 1 aromatic rings. The molecule has 0 radical (unpaired) electrons. The average molecular weight is 417 g/mol. The van der Waals surface area contributed by atoms with Crippen LogP contribution in [-0.4, -0.2) is 30.3 Å². The van der Waals surface area contributed by atoms with Gasteiger partial charge in [0.2, 0.25) is 0 Å². The van der Waals surface area contributed by atoms with Gasteiger partial charge in [0.25, 0.3) is 0 Å². The van der Waals surface area contributed by atoms with Crippen LogP contribution in [-0.2, 0) is 11.2 Å². The first kappa shape index (κ1) is 23.9. The number of hydrogen-bond donors (Lipinski definition) is 2. The highest BCUT2D eigenvalue weighted by Gasteiger charge is 2.36. The van der Waals surface area contributed by atoms with Gasteiger partial charge >= 0.3 is 18.7 Å². The number of carboxylic acid groups (broad SMARTS) is 1. The van der Waals surface area contributed by atoms with Gasteiger partial charge in [-0.2, -0.15) is 0 Å². The SMILES string of the molecule is CCC(CCc1ccc(OC(F)(F)F)c(OC(F)(F)F)c1)CC(CN)C(=O)O. The number of benzene rings is 1. The minimum atomic E-state index is -5.19. The van der Waals surface area contributed by atoms with E-state index in [1.807, 2.05) is 6.92 Å². The summed E-state index contributed by atoms with van der Waals surface area (Å²) in [5.41, 5.74) is 5.72. The molecule has 0 saturated heterocycles. The van der Waals surface area contributed by atoms with Crippen molar-refractivity contribution in [3.63, 3.8) is 0 Å². The van der Waals surface area contributed by atoms with Gasteiger partial charge in [0.05, 0.1) is 5.92 Å². The topological polar surface area (TPSA) is 81.8 Å². The highest BCUT2D eigenvalue weighted by molar-refractivity contribution is 5.70. The number of rotatable bonds is 10. The van der Waals surface area contributed by atoms with E-state index in [9.17, 15) is 31.1 Å². The second kappa shape index (κ2) is 9.85. The third kappa shape index (κ3) is 8.68. The Morgan fingerprint density at radius 1 is 1.11 bits per heavy atom. The molecule has 1 aromatic carbocycles. The normalized spacial score (nSPS) is 14.4. The van der Waals surface area contributed by atoms with Crippen LogP contribution in [0.15, 0.2) is 18.2 Å². The molecular formula is C17H21F6NO4. The minimum absolute atomic E-state index is 0.0428. The molecule has 11 heteroatoms. The van der Waals surface area contributed by atoms with Crippen molar-refractivity contribution < 1.29 is 45.7 Å². The number of hydrogen-bond acceptors (Lipinski definition) is 4. The number of alkyl halides is 6. The van der Waals surface area contributed by atoms with Crippen molar-refractivity contribution in [3.8, 4) is 11.5 Å². The van der Waals surface area contributed by atoms with E-state index in [0.717, 1.165) is 12.1 Å². The van der Waals surface area contributed by atoms with Gasteiger partial charge < -0.3 is 20.3 Å². The first-order valence-corrected chi connectivity index (χ1v) is 8.41. The molecule has 0 saturated carbocycles. The number of nitrogens with two attached hydrogens (primary N) is 1. The summed E-state index contributed by atoms with van der Waals surface area (Å²) in [7, 11) is 0. The number of carbonyl (C=O) groups is 1. The lowest BCUT2D eigenvalue weighted by Crippen LogP contribution is -2.26. The largest absolute Gasteiger partial charge is 0.573 e. The van der Waals surface area contributed by atoms with E-state index in [2.05, 4.69) is 9.47 Å². The lowest BCUT2D eigenvalue weighted by atomic mass is 9.88. The van der Waals surface area contributed by atoms with Crippen molar-refractivity contribution in [2.45, 2.75) is 45.3 Å². The molecule has 0 aliphatic heterocycles. The lowest BCUT2D eigenvalue weighted by Gasteiger charge is -2.19. The highest BCUT2D eigenvalue weighted by atomic mass is 19.4. The Morgan fingerprint density at radius 2 is 1.68 bits per heavy atom. The van der Waals surface area contributed by atoms with Gasteiger partial charge in [-0.15, -0.1) is 26.3 Å². The predicted molar refractivity (Wildman–Crippen MR) is 86.7 cm³/mol. The maximum absolute atomic E-state index is 12.5. The van der Waals surface area contributed by atoms with Crippen molar-refractivity contribution in [3.05, 3.63) is 23.8 Å². The van der Waals surface area contributed by atoms with E-state index in [-0.39, 0.29) is 18.9 Å². The Morgan fingerprint density at radius 3 is 2.14 bits per heavy atom. The molecule has 5 nitrogen and oxygen atoms in total. The molecule has 2 unspecified atom stereocenters. The maximum Gasteiger partial charge on any atom is 0.573 e. The van der Waals surface area contributed by atoms with Gasteiger partial charge in [0.15, 0.2) is 11.5 Å². The zero-order valence-corrected chi connectivity index (χ0v) is 14.9. The van der Waals surface area contributed by atoms with Gasteiger partial charge in [-0.1, -0.05) is 19.4 Å². The smallest absolute Gasteiger partial charge is 0.481 e. The van der Waals surface area contributed by atoms with Crippen LogP contribution in [0, 0.1) is 11.8 Å². The third-order valence-electron chi connectivity index (χ3n) is 4.13. The first-order valence-electron chi connectivity index (χ1n) is 8.41. The molecule has 28 heavy (non-hydrogen) atoms. The van der Waals surface area contributed by atoms with E-state index in [1.54, 1.807) is 0 Å². The van der Waals surface area contributed by atoms with Gasteiger partial charge in [-0.25, -0.2) is 0 Å². The van der Waals surface area contributed by atoms with Crippen molar-refractivity contribution >= 4 is 5.97 Å². The average Bonchev–Trinajstić information content (AvgIpc) is 2.54. The molecule has 0 amide bonds. The zero-order valence-electron chi connectivity index (χ0n) is 14.9. The molecule has 0 aliphatic carbocycles. The fourth-order valence-corrected chi connectivity index (χ4v) is 2.68. The van der Waals surface area contributed by atoms with E-state index in [4.69, 9.17) is 10.8 Å². The monoisotopic (exact) mass is 417 g/mol. The van der Waals surface area contributed by atoms with Crippen LogP contribution in [0.5, 0.6) is 11.5 Å². The van der Waals surface area contributed by atoms with E-state index < -0.39 is 36.1 Å². The van der Waals surface area contributed by atoms with Crippen LogP contribution in [0.3, 0.4) is 0 Å². The lowest BCUT2D eigenvalue weighted by molar-refractivity contribution is -0.287. The Kier molecular flexibility index (Phi) is 8.40. The van der Waals surface area contributed by atoms with E-state index in [0.29, 0.717) is 24.8 Å². The molecule has 1 rings (SSSR count). The minimum Gasteiger partial charge on any atom is -0.481 e. The van der Waals surface area contributed by atoms with Gasteiger partial charge in [0, 0.05) is 6.54 Å². The summed E-state index contributed by atoms with van der Waals surface area (Å²) in [6, 6.07) is 2.79. The molecule has 0 aromatic heterocycles. The van der Waals surface area contributed by atoms with Crippen LogP contribution in [0.1, 0.15) is 31.7 Å². The maximum atomic E-state index is 12.5. The quantitative estimate of drug-likeness (QED) is 0.548. The first-order chi connectivity index (χ1) is 12.8. The fourth-order valence-electron chi connectivity index (χ4n) is 2.68. The second-order valence-corrected chi connectivity index (χ2v) is 6.20. The Balaban J connectivity index is 2.92. The van der Waals surface area contributed by atoms with Crippen molar-refractivity contribution in [1.29, 1.82) is 0 Å². The summed E-state index contributed by atoms with van der Waals surface area (Å²) in [5, 5.41) is 9.06. The molecule has 0 heterocycles. The van der Waals surface area contributed by atoms with Gasteiger partial charge in [-0.3, -0.25) is 4.79 Å². The summed E-state index contributed by atoms with van der Waals surface area (Å²) in [6.07, 6.45) is -8.81. The number of aliphatic carboxylic acids is 1. The standard InChI is InChI=1S/C17H21F6NO4/c1-2-10(7-12(9-24)15(25)26)3-4-11-5-6-13(27-16(18,19)20)14(8-11)28-17(21,22)23/h5-6,8,10,12H,2-4,7,9,24H2,1H3,(H,25,26). The fraction of sp³-hybridized carbons (Fsp3) is 0.588. The van der Waals surface area contributed by atoms with Crippen molar-refractivity contribution in [2.24, 2.45) is 17.6 Å². The van der Waals surface area contributed by atoms with Gasteiger partial charge in [0.1, 0.15) is 0 Å². The Hall–Kier alpha value is -2.17. The van der Waals surface area contributed by atoms with Crippen LogP contribution < -0.4 is 15.2 Å². The van der Waals surface area contributed by atoms with Crippen LogP contribution in [0.4, 0.5) is 26.3 Å². The predicted octanol–water partition coefficient (Wildman–Crippen LogP) is 4.49. The molecule has 0 bridgehead atoms. The summed E-state index contributed by atoms with van der Waals surface area (Å²) < 4.78 is 81.7. The molecule has 3 N–H and O–H groups in total.